The van der Waals surface area contributed by atoms with Crippen molar-refractivity contribution in [3.8, 4) is 11.5 Å². The second-order valence-electron chi connectivity index (χ2n) is 5.23. The van der Waals surface area contributed by atoms with Crippen molar-refractivity contribution in [2.24, 2.45) is 0 Å². The van der Waals surface area contributed by atoms with Crippen LogP contribution in [0.5, 0.6) is 11.5 Å². The molecule has 0 aromatic heterocycles. The van der Waals surface area contributed by atoms with E-state index in [2.05, 4.69) is 10.2 Å². The molecule has 0 radical (unpaired) electrons. The summed E-state index contributed by atoms with van der Waals surface area (Å²) in [7, 11) is 0. The largest absolute Gasteiger partial charge is 0.508 e. The van der Waals surface area contributed by atoms with E-state index < -0.39 is 0 Å². The highest BCUT2D eigenvalue weighted by atomic mass is 16.5. The molecule has 1 aliphatic rings. The summed E-state index contributed by atoms with van der Waals surface area (Å²) in [6.45, 7) is 7.64. The number of phenolic OH excluding ortho intramolecular Hbond substituents is 2. The number of hydrogen-bond acceptors (Lipinski definition) is 5. The normalized spacial score (nSPS) is 18.1. The van der Waals surface area contributed by atoms with E-state index in [1.807, 2.05) is 6.92 Å². The maximum absolute atomic E-state index is 9.79. The van der Waals surface area contributed by atoms with Gasteiger partial charge in [-0.1, -0.05) is 0 Å². The number of phenols is 2. The topological polar surface area (TPSA) is 65.0 Å². The molecule has 0 aliphatic carbocycles. The van der Waals surface area contributed by atoms with Gasteiger partial charge in [-0.15, -0.1) is 0 Å². The van der Waals surface area contributed by atoms with E-state index in [-0.39, 0.29) is 17.5 Å². The van der Waals surface area contributed by atoms with Gasteiger partial charge in [-0.2, -0.15) is 0 Å². The van der Waals surface area contributed by atoms with Crippen LogP contribution in [-0.2, 0) is 4.74 Å². The van der Waals surface area contributed by atoms with Crippen LogP contribution in [0.1, 0.15) is 24.9 Å². The van der Waals surface area contributed by atoms with Gasteiger partial charge in [0, 0.05) is 24.7 Å². The van der Waals surface area contributed by atoms with E-state index in [1.54, 1.807) is 6.07 Å². The zero-order valence-corrected chi connectivity index (χ0v) is 12.0. The molecule has 1 aromatic carbocycles. The quantitative estimate of drug-likeness (QED) is 0.544. The molecule has 1 fully saturated rings. The van der Waals surface area contributed by atoms with Crippen molar-refractivity contribution in [1.29, 1.82) is 0 Å². The van der Waals surface area contributed by atoms with E-state index in [4.69, 9.17) is 4.74 Å². The Balaban J connectivity index is 1.71. The fourth-order valence-corrected chi connectivity index (χ4v) is 2.44. The van der Waals surface area contributed by atoms with Gasteiger partial charge in [-0.05, 0) is 44.6 Å². The zero-order chi connectivity index (χ0) is 14.4. The standard InChI is InChI=1S/C15H24N2O3/c1-12(14-11-13(18)3-4-15(14)19)16-5-2-6-17-7-9-20-10-8-17/h3-4,11-12,16,18-19H,2,5-10H2,1H3. The van der Waals surface area contributed by atoms with Crippen molar-refractivity contribution in [2.45, 2.75) is 19.4 Å². The summed E-state index contributed by atoms with van der Waals surface area (Å²) in [6.07, 6.45) is 1.06. The van der Waals surface area contributed by atoms with Crippen LogP contribution in [0.15, 0.2) is 18.2 Å². The molecule has 1 unspecified atom stereocenters. The Morgan fingerprint density at radius 1 is 1.30 bits per heavy atom. The van der Waals surface area contributed by atoms with Crippen LogP contribution in [-0.4, -0.2) is 54.5 Å². The minimum atomic E-state index is 0.0202. The Morgan fingerprint density at radius 3 is 2.80 bits per heavy atom. The smallest absolute Gasteiger partial charge is 0.120 e. The molecule has 1 atom stereocenters. The van der Waals surface area contributed by atoms with E-state index in [0.717, 1.165) is 51.4 Å². The lowest BCUT2D eigenvalue weighted by Crippen LogP contribution is -2.37. The fourth-order valence-electron chi connectivity index (χ4n) is 2.44. The molecule has 0 bridgehead atoms. The maximum atomic E-state index is 9.79. The first-order valence-corrected chi connectivity index (χ1v) is 7.22. The van der Waals surface area contributed by atoms with E-state index in [9.17, 15) is 10.2 Å². The second-order valence-corrected chi connectivity index (χ2v) is 5.23. The third-order valence-electron chi connectivity index (χ3n) is 3.68. The molecule has 0 saturated carbocycles. The van der Waals surface area contributed by atoms with Crippen LogP contribution < -0.4 is 5.32 Å². The van der Waals surface area contributed by atoms with Crippen LogP contribution in [0, 0.1) is 0 Å². The lowest BCUT2D eigenvalue weighted by molar-refractivity contribution is 0.0374. The highest BCUT2D eigenvalue weighted by molar-refractivity contribution is 5.40. The summed E-state index contributed by atoms with van der Waals surface area (Å²) < 4.78 is 5.32. The SMILES string of the molecule is CC(NCCCN1CCOCC1)c1cc(O)ccc1O. The molecule has 3 N–H and O–H groups in total. The fraction of sp³-hybridized carbons (Fsp3) is 0.600. The van der Waals surface area contributed by atoms with Crippen LogP contribution >= 0.6 is 0 Å². The first kappa shape index (κ1) is 15.1. The molecule has 1 aliphatic heterocycles. The van der Waals surface area contributed by atoms with Crippen molar-refractivity contribution in [2.75, 3.05) is 39.4 Å². The second kappa shape index (κ2) is 7.47. The number of benzene rings is 1. The van der Waals surface area contributed by atoms with Crippen molar-refractivity contribution < 1.29 is 14.9 Å². The zero-order valence-electron chi connectivity index (χ0n) is 12.0. The Hall–Kier alpha value is -1.30. The molecule has 5 nitrogen and oxygen atoms in total. The summed E-state index contributed by atoms with van der Waals surface area (Å²) in [4.78, 5) is 2.40. The van der Waals surface area contributed by atoms with Crippen LogP contribution in [0.4, 0.5) is 0 Å². The first-order chi connectivity index (χ1) is 9.66. The van der Waals surface area contributed by atoms with E-state index in [0.29, 0.717) is 0 Å². The molecule has 20 heavy (non-hydrogen) atoms. The van der Waals surface area contributed by atoms with E-state index >= 15 is 0 Å². The lowest BCUT2D eigenvalue weighted by Gasteiger charge is -2.26. The van der Waals surface area contributed by atoms with Crippen molar-refractivity contribution in [3.63, 3.8) is 0 Å². The summed E-state index contributed by atoms with van der Waals surface area (Å²) >= 11 is 0. The number of morpholine rings is 1. The van der Waals surface area contributed by atoms with Gasteiger partial charge in [0.15, 0.2) is 0 Å². The number of hydrogen-bond donors (Lipinski definition) is 3. The van der Waals surface area contributed by atoms with Gasteiger partial charge in [0.2, 0.25) is 0 Å². The molecule has 0 spiro atoms. The lowest BCUT2D eigenvalue weighted by atomic mass is 10.1. The monoisotopic (exact) mass is 280 g/mol. The molecule has 2 rings (SSSR count). The molecule has 5 heteroatoms. The Morgan fingerprint density at radius 2 is 2.05 bits per heavy atom. The summed E-state index contributed by atoms with van der Waals surface area (Å²) in [5.74, 6) is 0.399. The summed E-state index contributed by atoms with van der Waals surface area (Å²) in [5.41, 5.74) is 0.733. The van der Waals surface area contributed by atoms with Gasteiger partial charge in [-0.3, -0.25) is 4.90 Å². The van der Waals surface area contributed by atoms with Gasteiger partial charge in [0.25, 0.3) is 0 Å². The van der Waals surface area contributed by atoms with Crippen molar-refractivity contribution in [1.82, 2.24) is 10.2 Å². The summed E-state index contributed by atoms with van der Waals surface area (Å²) in [5, 5.41) is 22.6. The van der Waals surface area contributed by atoms with E-state index in [1.165, 1.54) is 12.1 Å². The predicted molar refractivity (Wildman–Crippen MR) is 78.1 cm³/mol. The highest BCUT2D eigenvalue weighted by Gasteiger charge is 2.12. The number of nitrogens with one attached hydrogen (secondary N) is 1. The van der Waals surface area contributed by atoms with Crippen LogP contribution in [0.2, 0.25) is 0 Å². The molecule has 1 heterocycles. The minimum absolute atomic E-state index is 0.0202. The van der Waals surface area contributed by atoms with Crippen molar-refractivity contribution in [3.05, 3.63) is 23.8 Å². The predicted octanol–water partition coefficient (Wildman–Crippen LogP) is 1.47. The first-order valence-electron chi connectivity index (χ1n) is 7.22. The van der Waals surface area contributed by atoms with Crippen LogP contribution in [0.25, 0.3) is 0 Å². The average Bonchev–Trinajstić information content (AvgIpc) is 2.47. The van der Waals surface area contributed by atoms with Crippen LogP contribution in [0.3, 0.4) is 0 Å². The number of rotatable bonds is 6. The minimum Gasteiger partial charge on any atom is -0.508 e. The number of nitrogens with zero attached hydrogens (tertiary/aromatic N) is 1. The molecule has 0 amide bonds. The van der Waals surface area contributed by atoms with Crippen molar-refractivity contribution >= 4 is 0 Å². The highest BCUT2D eigenvalue weighted by Crippen LogP contribution is 2.27. The molecular weight excluding hydrogens is 256 g/mol. The third-order valence-corrected chi connectivity index (χ3v) is 3.68. The third kappa shape index (κ3) is 4.37. The Bertz CT molecular complexity index is 420. The average molecular weight is 280 g/mol. The number of aromatic hydroxyl groups is 2. The van der Waals surface area contributed by atoms with Gasteiger partial charge in [0.05, 0.1) is 13.2 Å². The number of ether oxygens (including phenoxy) is 1. The molecular formula is C15H24N2O3. The van der Waals surface area contributed by atoms with Gasteiger partial charge in [-0.25, -0.2) is 0 Å². The molecule has 112 valence electrons. The van der Waals surface area contributed by atoms with Gasteiger partial charge < -0.3 is 20.3 Å². The van der Waals surface area contributed by atoms with Gasteiger partial charge >= 0.3 is 0 Å². The Labute approximate surface area is 120 Å². The molecule has 1 aromatic rings. The maximum Gasteiger partial charge on any atom is 0.120 e. The Kier molecular flexibility index (Phi) is 5.64. The van der Waals surface area contributed by atoms with Gasteiger partial charge in [0.1, 0.15) is 11.5 Å². The molecule has 1 saturated heterocycles. The summed E-state index contributed by atoms with van der Waals surface area (Å²) in [6, 6.07) is 4.64.